The molecule has 114 valence electrons. The van der Waals surface area contributed by atoms with Crippen LogP contribution in [0.3, 0.4) is 0 Å². The molecule has 1 aromatic carbocycles. The second-order valence-corrected chi connectivity index (χ2v) is 4.93. The van der Waals surface area contributed by atoms with E-state index < -0.39 is 6.09 Å². The van der Waals surface area contributed by atoms with Crippen molar-refractivity contribution in [2.75, 3.05) is 26.8 Å². The lowest BCUT2D eigenvalue weighted by molar-refractivity contribution is 0.0856. The third kappa shape index (κ3) is 3.80. The molecule has 1 saturated heterocycles. The second kappa shape index (κ2) is 7.19. The largest absolute Gasteiger partial charge is 0.465 e. The normalized spacial score (nSPS) is 22.3. The number of aliphatic hydroxyl groups excluding tert-OH is 1. The van der Waals surface area contributed by atoms with Crippen LogP contribution in [0.15, 0.2) is 35.3 Å². The van der Waals surface area contributed by atoms with Gasteiger partial charge in [0.2, 0.25) is 0 Å². The van der Waals surface area contributed by atoms with Gasteiger partial charge in [-0.1, -0.05) is 30.3 Å². The topological polar surface area (TPSA) is 82.4 Å². The number of hydrogen-bond donors (Lipinski definition) is 2. The monoisotopic (exact) mass is 292 g/mol. The molecule has 1 amide bonds. The fraction of sp³-hybridized carbons (Fsp3) is 0.467. The van der Waals surface area contributed by atoms with E-state index in [9.17, 15) is 9.90 Å². The van der Waals surface area contributed by atoms with Crippen molar-refractivity contribution in [1.29, 1.82) is 0 Å². The first-order valence-corrected chi connectivity index (χ1v) is 6.88. The molecule has 0 bridgehead atoms. The zero-order valence-corrected chi connectivity index (χ0v) is 12.0. The summed E-state index contributed by atoms with van der Waals surface area (Å²) in [6.07, 6.45) is -0.779. The van der Waals surface area contributed by atoms with E-state index >= 15 is 0 Å². The number of carboxylic acid groups (broad SMARTS) is 1. The number of carbonyl (C=O) groups is 1. The molecule has 2 unspecified atom stereocenters. The van der Waals surface area contributed by atoms with Crippen LogP contribution in [0.1, 0.15) is 18.0 Å². The molecule has 1 aromatic rings. The summed E-state index contributed by atoms with van der Waals surface area (Å²) in [5.74, 6) is 0. The predicted octanol–water partition coefficient (Wildman–Crippen LogP) is 1.56. The summed E-state index contributed by atoms with van der Waals surface area (Å²) in [6, 6.07) is 9.21. The number of amides is 1. The van der Waals surface area contributed by atoms with Crippen molar-refractivity contribution in [3.63, 3.8) is 0 Å². The Labute approximate surface area is 123 Å². The molecular weight excluding hydrogens is 272 g/mol. The maximum absolute atomic E-state index is 11.0. The number of methoxy groups -OCH3 is 1. The van der Waals surface area contributed by atoms with Gasteiger partial charge in [0.25, 0.3) is 0 Å². The van der Waals surface area contributed by atoms with Gasteiger partial charge in [0, 0.05) is 25.8 Å². The van der Waals surface area contributed by atoms with Gasteiger partial charge in [-0.25, -0.2) is 4.79 Å². The summed E-state index contributed by atoms with van der Waals surface area (Å²) in [5, 5.41) is 18.6. The molecule has 0 spiro atoms. The van der Waals surface area contributed by atoms with E-state index in [4.69, 9.17) is 9.84 Å². The van der Waals surface area contributed by atoms with Gasteiger partial charge >= 0.3 is 6.09 Å². The summed E-state index contributed by atoms with van der Waals surface area (Å²) in [4.78, 5) is 16.9. The minimum Gasteiger partial charge on any atom is -0.465 e. The molecule has 0 aliphatic carbocycles. The SMILES string of the molecule is COC1CN(C(=O)O)CCC1=NC(CO)c1ccccc1. The van der Waals surface area contributed by atoms with Crippen LogP contribution in [0.4, 0.5) is 4.79 Å². The fourth-order valence-electron chi connectivity index (χ4n) is 2.44. The third-order valence-corrected chi connectivity index (χ3v) is 3.63. The molecule has 1 aliphatic heterocycles. The highest BCUT2D eigenvalue weighted by Crippen LogP contribution is 2.20. The van der Waals surface area contributed by atoms with Gasteiger partial charge in [0.15, 0.2) is 0 Å². The van der Waals surface area contributed by atoms with Crippen molar-refractivity contribution >= 4 is 11.8 Å². The molecule has 2 rings (SSSR count). The van der Waals surface area contributed by atoms with Gasteiger partial charge in [-0.05, 0) is 5.56 Å². The average molecular weight is 292 g/mol. The average Bonchev–Trinajstić information content (AvgIpc) is 2.53. The molecule has 0 saturated carbocycles. The van der Waals surface area contributed by atoms with Crippen LogP contribution in [0, 0.1) is 0 Å². The van der Waals surface area contributed by atoms with E-state index in [0.29, 0.717) is 13.0 Å². The quantitative estimate of drug-likeness (QED) is 0.882. The van der Waals surface area contributed by atoms with E-state index in [0.717, 1.165) is 11.3 Å². The number of benzene rings is 1. The lowest BCUT2D eigenvalue weighted by Crippen LogP contribution is -2.47. The summed E-state index contributed by atoms with van der Waals surface area (Å²) < 4.78 is 5.35. The van der Waals surface area contributed by atoms with Gasteiger partial charge < -0.3 is 19.8 Å². The minimum atomic E-state index is -0.946. The summed E-state index contributed by atoms with van der Waals surface area (Å²) in [7, 11) is 1.54. The Morgan fingerprint density at radius 3 is 2.76 bits per heavy atom. The standard InChI is InChI=1S/C15H20N2O4/c1-21-14-9-17(15(19)20)8-7-12(14)16-13(10-18)11-5-3-2-4-6-11/h2-6,13-14,18H,7-10H2,1H3,(H,19,20). The number of aliphatic hydroxyl groups is 1. The van der Waals surface area contributed by atoms with Crippen LogP contribution in [0.25, 0.3) is 0 Å². The molecule has 21 heavy (non-hydrogen) atoms. The maximum Gasteiger partial charge on any atom is 0.407 e. The van der Waals surface area contributed by atoms with E-state index in [1.807, 2.05) is 30.3 Å². The molecular formula is C15H20N2O4. The Morgan fingerprint density at radius 1 is 1.48 bits per heavy atom. The molecule has 2 N–H and O–H groups in total. The zero-order chi connectivity index (χ0) is 15.2. The number of ether oxygens (including phenoxy) is 1. The highest BCUT2D eigenvalue weighted by Gasteiger charge is 2.28. The van der Waals surface area contributed by atoms with Crippen molar-refractivity contribution in [3.8, 4) is 0 Å². The van der Waals surface area contributed by atoms with Crippen LogP contribution in [0.5, 0.6) is 0 Å². The fourth-order valence-corrected chi connectivity index (χ4v) is 2.44. The van der Waals surface area contributed by atoms with Crippen LogP contribution in [0.2, 0.25) is 0 Å². The number of hydrogen-bond acceptors (Lipinski definition) is 4. The predicted molar refractivity (Wildman–Crippen MR) is 78.7 cm³/mol. The van der Waals surface area contributed by atoms with Gasteiger partial charge in [-0.3, -0.25) is 4.99 Å². The summed E-state index contributed by atoms with van der Waals surface area (Å²) in [5.41, 5.74) is 1.74. The molecule has 1 heterocycles. The summed E-state index contributed by atoms with van der Waals surface area (Å²) in [6.45, 7) is 0.588. The lowest BCUT2D eigenvalue weighted by atomic mass is 10.0. The first-order valence-electron chi connectivity index (χ1n) is 6.88. The number of likely N-dealkylation sites (tertiary alicyclic amines) is 1. The highest BCUT2D eigenvalue weighted by atomic mass is 16.5. The first kappa shape index (κ1) is 15.5. The van der Waals surface area contributed by atoms with E-state index in [2.05, 4.69) is 4.99 Å². The molecule has 2 atom stereocenters. The van der Waals surface area contributed by atoms with Crippen molar-refractivity contribution in [3.05, 3.63) is 35.9 Å². The molecule has 6 heteroatoms. The van der Waals surface area contributed by atoms with Crippen LogP contribution < -0.4 is 0 Å². The number of piperidine rings is 1. The molecule has 0 radical (unpaired) electrons. The van der Waals surface area contributed by atoms with E-state index in [-0.39, 0.29) is 25.3 Å². The lowest BCUT2D eigenvalue weighted by Gasteiger charge is -2.31. The van der Waals surface area contributed by atoms with Gasteiger partial charge in [-0.2, -0.15) is 0 Å². The van der Waals surface area contributed by atoms with Gasteiger partial charge in [-0.15, -0.1) is 0 Å². The Balaban J connectivity index is 2.16. The second-order valence-electron chi connectivity index (χ2n) is 4.93. The smallest absolute Gasteiger partial charge is 0.407 e. The minimum absolute atomic E-state index is 0.0907. The highest BCUT2D eigenvalue weighted by molar-refractivity contribution is 5.91. The van der Waals surface area contributed by atoms with Crippen LogP contribution in [-0.4, -0.2) is 59.8 Å². The van der Waals surface area contributed by atoms with Crippen molar-refractivity contribution in [2.24, 2.45) is 4.99 Å². The van der Waals surface area contributed by atoms with Crippen molar-refractivity contribution in [1.82, 2.24) is 4.90 Å². The van der Waals surface area contributed by atoms with E-state index in [1.54, 1.807) is 7.11 Å². The number of aliphatic imine (C=N–C) groups is 1. The zero-order valence-electron chi connectivity index (χ0n) is 12.0. The first-order chi connectivity index (χ1) is 10.2. The molecule has 1 fully saturated rings. The van der Waals surface area contributed by atoms with Crippen LogP contribution in [-0.2, 0) is 4.74 Å². The number of rotatable bonds is 4. The van der Waals surface area contributed by atoms with Crippen molar-refractivity contribution in [2.45, 2.75) is 18.6 Å². The van der Waals surface area contributed by atoms with Crippen molar-refractivity contribution < 1.29 is 19.7 Å². The van der Waals surface area contributed by atoms with E-state index in [1.165, 1.54) is 4.90 Å². The number of nitrogens with zero attached hydrogens (tertiary/aromatic N) is 2. The summed E-state index contributed by atoms with van der Waals surface area (Å²) >= 11 is 0. The van der Waals surface area contributed by atoms with Crippen LogP contribution >= 0.6 is 0 Å². The van der Waals surface area contributed by atoms with Gasteiger partial charge in [0.05, 0.1) is 19.2 Å². The molecule has 1 aliphatic rings. The Bertz CT molecular complexity index is 504. The third-order valence-electron chi connectivity index (χ3n) is 3.63. The Hall–Kier alpha value is -1.92. The maximum atomic E-state index is 11.0. The Morgan fingerprint density at radius 2 is 2.19 bits per heavy atom. The Kier molecular flexibility index (Phi) is 5.30. The molecule has 6 nitrogen and oxygen atoms in total. The van der Waals surface area contributed by atoms with Gasteiger partial charge in [0.1, 0.15) is 6.10 Å². The molecule has 0 aromatic heterocycles.